The van der Waals surface area contributed by atoms with E-state index in [1.165, 1.54) is 13.0 Å². The highest BCUT2D eigenvalue weighted by molar-refractivity contribution is 6.34. The van der Waals surface area contributed by atoms with E-state index < -0.39 is 40.4 Å². The summed E-state index contributed by atoms with van der Waals surface area (Å²) in [6.45, 7) is 12.2. The number of aryl methyl sites for hydroxylation is 1. The first-order valence-electron chi connectivity index (χ1n) is 17.0. The molecule has 7 rings (SSSR count). The second-order valence-electron chi connectivity index (χ2n) is 14.0. The Morgan fingerprint density at radius 1 is 1.19 bits per heavy atom. The molecule has 1 unspecified atom stereocenters. The number of pyridine rings is 2. The second-order valence-corrected chi connectivity index (χ2v) is 14.4. The molecule has 6 heterocycles. The number of aromatic nitrogens is 4. The van der Waals surface area contributed by atoms with Gasteiger partial charge in [0.1, 0.15) is 29.6 Å². The Bertz CT molecular complexity index is 2040. The molecule has 276 valence electrons. The molecule has 16 heteroatoms. The number of benzene rings is 1. The van der Waals surface area contributed by atoms with E-state index in [0.29, 0.717) is 37.1 Å². The van der Waals surface area contributed by atoms with Crippen molar-refractivity contribution in [2.24, 2.45) is 0 Å². The summed E-state index contributed by atoms with van der Waals surface area (Å²) in [5, 5.41) is -0.181. The lowest BCUT2D eigenvalue weighted by atomic mass is 9.91. The lowest BCUT2D eigenvalue weighted by Crippen LogP contribution is -2.45. The van der Waals surface area contributed by atoms with Crippen LogP contribution in [0.5, 0.6) is 6.01 Å². The number of alkyl halides is 3. The molecule has 0 saturated carbocycles. The minimum atomic E-state index is -4.88. The molecule has 52 heavy (non-hydrogen) atoms. The molecule has 1 aromatic carbocycles. The average Bonchev–Trinajstić information content (AvgIpc) is 3.59. The van der Waals surface area contributed by atoms with Crippen LogP contribution >= 0.6 is 11.6 Å². The molecular formula is C36H40ClF4N9O2. The van der Waals surface area contributed by atoms with Crippen LogP contribution < -0.4 is 21.1 Å². The number of anilines is 3. The largest absolute Gasteiger partial charge is 0.461 e. The summed E-state index contributed by atoms with van der Waals surface area (Å²) in [7, 11) is 1.73. The van der Waals surface area contributed by atoms with Gasteiger partial charge in [-0.15, -0.1) is 0 Å². The van der Waals surface area contributed by atoms with Crippen LogP contribution in [0.4, 0.5) is 35.0 Å². The highest BCUT2D eigenvalue weighted by atomic mass is 35.5. The third-order valence-corrected chi connectivity index (χ3v) is 10.9. The monoisotopic (exact) mass is 741 g/mol. The van der Waals surface area contributed by atoms with E-state index in [2.05, 4.69) is 31.3 Å². The van der Waals surface area contributed by atoms with Crippen molar-refractivity contribution in [2.75, 3.05) is 69.4 Å². The van der Waals surface area contributed by atoms with Gasteiger partial charge in [-0.3, -0.25) is 9.80 Å². The van der Waals surface area contributed by atoms with Crippen molar-refractivity contribution in [1.82, 2.24) is 29.7 Å². The zero-order valence-electron chi connectivity index (χ0n) is 29.1. The van der Waals surface area contributed by atoms with Crippen molar-refractivity contribution in [3.63, 3.8) is 0 Å². The number of nitrogen functional groups attached to an aromatic ring is 2. The fourth-order valence-corrected chi connectivity index (χ4v) is 8.28. The number of fused-ring (bicyclic) bond motifs is 2. The van der Waals surface area contributed by atoms with Gasteiger partial charge in [-0.2, -0.15) is 23.1 Å². The van der Waals surface area contributed by atoms with Gasteiger partial charge in [0.15, 0.2) is 5.82 Å². The third kappa shape index (κ3) is 6.48. The van der Waals surface area contributed by atoms with Crippen LogP contribution in [0.25, 0.3) is 22.2 Å². The van der Waals surface area contributed by atoms with Gasteiger partial charge in [0, 0.05) is 56.4 Å². The van der Waals surface area contributed by atoms with Crippen LogP contribution in [-0.4, -0.2) is 94.4 Å². The summed E-state index contributed by atoms with van der Waals surface area (Å²) in [4.78, 5) is 24.0. The van der Waals surface area contributed by atoms with E-state index in [9.17, 15) is 13.2 Å². The fraction of sp³-hybridized carbons (Fsp3) is 0.444. The maximum atomic E-state index is 17.0. The van der Waals surface area contributed by atoms with Crippen LogP contribution in [0.3, 0.4) is 0 Å². The predicted molar refractivity (Wildman–Crippen MR) is 192 cm³/mol. The Hall–Kier alpha value is -4.31. The number of rotatable bonds is 8. The molecule has 0 spiro atoms. The molecule has 3 aliphatic heterocycles. The standard InChI is InChI=1S/C36H40ClF4N9O2/c1-19-14-35(15-22(17-50(35)16-19)49-8-10-51-11-9-49)18-52-34-46-30-24(33(47-34)48(4)21(3)23-6-5-7-44-32(23)43)13-25(37)27(29(30)38)31-28(36(39,40)41)20(2)12-26(42)45-31/h5-7,12-13,21-22H,1,8-11,14-18H2,2-4H3,(H2,42,45)(H2,43,44)/t21-,22-,35?/m1/s1. The lowest BCUT2D eigenvalue weighted by molar-refractivity contribution is -0.137. The number of morpholine rings is 1. The summed E-state index contributed by atoms with van der Waals surface area (Å²) in [5.41, 5.74) is 10.5. The maximum absolute atomic E-state index is 17.0. The van der Waals surface area contributed by atoms with Gasteiger partial charge in [0.2, 0.25) is 0 Å². The van der Waals surface area contributed by atoms with E-state index >= 15 is 4.39 Å². The molecule has 3 aromatic heterocycles. The van der Waals surface area contributed by atoms with E-state index in [1.807, 2.05) is 13.0 Å². The number of nitrogens with two attached hydrogens (primary N) is 2. The van der Waals surface area contributed by atoms with Gasteiger partial charge in [0.25, 0.3) is 0 Å². The zero-order chi connectivity index (χ0) is 37.1. The Labute approximate surface area is 303 Å². The molecule has 0 amide bonds. The number of nitrogens with zero attached hydrogens (tertiary/aromatic N) is 7. The summed E-state index contributed by atoms with van der Waals surface area (Å²) in [6, 6.07) is 5.69. The Morgan fingerprint density at radius 2 is 1.94 bits per heavy atom. The number of ether oxygens (including phenoxy) is 2. The van der Waals surface area contributed by atoms with E-state index in [-0.39, 0.29) is 45.7 Å². The summed E-state index contributed by atoms with van der Waals surface area (Å²) >= 11 is 6.66. The van der Waals surface area contributed by atoms with Crippen LogP contribution in [0.15, 0.2) is 42.6 Å². The summed E-state index contributed by atoms with van der Waals surface area (Å²) in [6.07, 6.45) is -1.78. The van der Waals surface area contributed by atoms with Crippen molar-refractivity contribution >= 4 is 40.0 Å². The van der Waals surface area contributed by atoms with Gasteiger partial charge in [0.05, 0.1) is 46.6 Å². The zero-order valence-corrected chi connectivity index (χ0v) is 29.9. The topological polar surface area (TPSA) is 132 Å². The second kappa shape index (κ2) is 13.6. The van der Waals surface area contributed by atoms with Gasteiger partial charge in [-0.25, -0.2) is 14.4 Å². The van der Waals surface area contributed by atoms with Crippen molar-refractivity contribution in [1.29, 1.82) is 0 Å². The number of hydrogen-bond donors (Lipinski definition) is 2. The first-order chi connectivity index (χ1) is 24.7. The minimum Gasteiger partial charge on any atom is -0.461 e. The SMILES string of the molecule is C=C1CN2C[C@H](N3CCOCC3)CC2(COc2nc(N(C)[C@H](C)c3cccnc3N)c3cc(Cl)c(-c4nc(N)cc(C)c4C(F)(F)F)c(F)c3n2)C1. The Balaban J connectivity index is 1.34. The van der Waals surface area contributed by atoms with Crippen molar-refractivity contribution in [3.8, 4) is 17.3 Å². The van der Waals surface area contributed by atoms with Crippen molar-refractivity contribution in [3.05, 3.63) is 70.1 Å². The smallest absolute Gasteiger partial charge is 0.418 e. The normalized spacial score (nSPS) is 21.8. The molecular weight excluding hydrogens is 702 g/mol. The van der Waals surface area contributed by atoms with E-state index in [0.717, 1.165) is 44.2 Å². The molecule has 3 fully saturated rings. The minimum absolute atomic E-state index is 0.145. The highest BCUT2D eigenvalue weighted by Crippen LogP contribution is 2.46. The summed E-state index contributed by atoms with van der Waals surface area (Å²) in [5.74, 6) is -0.829. The molecule has 0 aliphatic carbocycles. The number of hydrogen-bond acceptors (Lipinski definition) is 11. The molecule has 3 atom stereocenters. The van der Waals surface area contributed by atoms with E-state index in [1.54, 1.807) is 24.2 Å². The van der Waals surface area contributed by atoms with Crippen molar-refractivity contribution < 1.29 is 27.0 Å². The third-order valence-electron chi connectivity index (χ3n) is 10.6. The molecule has 0 radical (unpaired) electrons. The van der Waals surface area contributed by atoms with Crippen LogP contribution in [0.2, 0.25) is 5.02 Å². The van der Waals surface area contributed by atoms with Crippen LogP contribution in [0.1, 0.15) is 42.5 Å². The summed E-state index contributed by atoms with van der Waals surface area (Å²) < 4.78 is 72.2. The molecule has 3 saturated heterocycles. The van der Waals surface area contributed by atoms with Gasteiger partial charge in [-0.1, -0.05) is 29.8 Å². The van der Waals surface area contributed by atoms with E-state index in [4.69, 9.17) is 37.5 Å². The quantitative estimate of drug-likeness (QED) is 0.162. The first-order valence-corrected chi connectivity index (χ1v) is 17.4. The Kier molecular flexibility index (Phi) is 9.43. The van der Waals surface area contributed by atoms with Crippen LogP contribution in [-0.2, 0) is 10.9 Å². The van der Waals surface area contributed by atoms with Gasteiger partial charge < -0.3 is 25.8 Å². The molecule has 4 aromatic rings. The maximum Gasteiger partial charge on any atom is 0.418 e. The predicted octanol–water partition coefficient (Wildman–Crippen LogP) is 6.05. The average molecular weight is 742 g/mol. The highest BCUT2D eigenvalue weighted by Gasteiger charge is 2.52. The van der Waals surface area contributed by atoms with Crippen LogP contribution in [0, 0.1) is 12.7 Å². The molecule has 11 nitrogen and oxygen atoms in total. The van der Waals surface area contributed by atoms with Crippen molar-refractivity contribution in [2.45, 2.75) is 50.5 Å². The fourth-order valence-electron chi connectivity index (χ4n) is 8.00. The molecule has 3 aliphatic rings. The van der Waals surface area contributed by atoms with Gasteiger partial charge in [-0.05, 0) is 50.5 Å². The molecule has 0 bridgehead atoms. The lowest BCUT2D eigenvalue weighted by Gasteiger charge is -2.33. The number of halogens is 5. The first kappa shape index (κ1) is 36.1. The molecule has 4 N–H and O–H groups in total. The Morgan fingerprint density at radius 3 is 2.65 bits per heavy atom. The van der Waals surface area contributed by atoms with Gasteiger partial charge >= 0.3 is 12.2 Å².